The maximum atomic E-state index is 14.5. The molecule has 0 aliphatic carbocycles. The molecule has 1 aliphatic rings. The lowest BCUT2D eigenvalue weighted by molar-refractivity contribution is 0.384. The van der Waals surface area contributed by atoms with Gasteiger partial charge < -0.3 is 4.90 Å². The van der Waals surface area contributed by atoms with Crippen LogP contribution in [0.1, 0.15) is 55.8 Å². The molecule has 1 aromatic heterocycles. The summed E-state index contributed by atoms with van der Waals surface area (Å²) in [5.41, 5.74) is 2.04. The highest BCUT2D eigenvalue weighted by Gasteiger charge is 2.28. The van der Waals surface area contributed by atoms with E-state index in [-0.39, 0.29) is 23.9 Å². The molecule has 0 bridgehead atoms. The molecule has 0 radical (unpaired) electrons. The molecule has 0 amide bonds. The monoisotopic (exact) mass is 468 g/mol. The van der Waals surface area contributed by atoms with E-state index in [2.05, 4.69) is 18.7 Å². The van der Waals surface area contributed by atoms with E-state index in [0.717, 1.165) is 29.3 Å². The van der Waals surface area contributed by atoms with Crippen molar-refractivity contribution in [1.29, 1.82) is 0 Å². The van der Waals surface area contributed by atoms with Gasteiger partial charge >= 0.3 is 0 Å². The van der Waals surface area contributed by atoms with Crippen molar-refractivity contribution < 1.29 is 12.8 Å². The van der Waals surface area contributed by atoms with Crippen molar-refractivity contribution in [2.75, 3.05) is 36.8 Å². The van der Waals surface area contributed by atoms with Gasteiger partial charge in [0.2, 0.25) is 10.0 Å². The Morgan fingerprint density at radius 1 is 1.13 bits per heavy atom. The quantitative estimate of drug-likeness (QED) is 0.610. The lowest BCUT2D eigenvalue weighted by Crippen LogP contribution is -2.49. The number of aromatic nitrogens is 2. The van der Waals surface area contributed by atoms with Gasteiger partial charge in [0, 0.05) is 60.4 Å². The first kappa shape index (κ1) is 23.9. The molecule has 31 heavy (non-hydrogen) atoms. The fourth-order valence-electron chi connectivity index (χ4n) is 3.71. The molecule has 1 unspecified atom stereocenters. The zero-order valence-electron chi connectivity index (χ0n) is 18.5. The van der Waals surface area contributed by atoms with Gasteiger partial charge in [-0.15, -0.1) is 0 Å². The van der Waals surface area contributed by atoms with E-state index in [1.54, 1.807) is 19.1 Å². The number of sulfonamides is 1. The second kappa shape index (κ2) is 9.79. The Hall–Kier alpha value is -1.77. The number of benzene rings is 1. The van der Waals surface area contributed by atoms with Crippen LogP contribution in [0.5, 0.6) is 0 Å². The minimum absolute atomic E-state index is 0.0921. The van der Waals surface area contributed by atoms with Gasteiger partial charge in [0.05, 0.1) is 5.75 Å². The first-order valence-corrected chi connectivity index (χ1v) is 12.7. The van der Waals surface area contributed by atoms with Crippen LogP contribution >= 0.6 is 11.6 Å². The Labute approximate surface area is 189 Å². The van der Waals surface area contributed by atoms with E-state index in [0.29, 0.717) is 36.8 Å². The summed E-state index contributed by atoms with van der Waals surface area (Å²) in [6, 6.07) is 4.67. The Morgan fingerprint density at radius 3 is 2.39 bits per heavy atom. The van der Waals surface area contributed by atoms with Gasteiger partial charge in [0.25, 0.3) is 0 Å². The van der Waals surface area contributed by atoms with Crippen LogP contribution in [-0.4, -0.2) is 54.6 Å². The third kappa shape index (κ3) is 5.18. The lowest BCUT2D eigenvalue weighted by Gasteiger charge is -2.36. The van der Waals surface area contributed by atoms with Crippen LogP contribution < -0.4 is 4.90 Å². The lowest BCUT2D eigenvalue weighted by atomic mass is 10.0. The smallest absolute Gasteiger partial charge is 0.213 e. The molecule has 6 nitrogen and oxygen atoms in total. The van der Waals surface area contributed by atoms with Crippen molar-refractivity contribution in [3.8, 4) is 0 Å². The molecule has 0 spiro atoms. The van der Waals surface area contributed by atoms with Crippen LogP contribution in [0, 0.1) is 12.7 Å². The molecule has 1 atom stereocenters. The Morgan fingerprint density at radius 2 is 1.81 bits per heavy atom. The maximum absolute atomic E-state index is 14.5. The van der Waals surface area contributed by atoms with Crippen molar-refractivity contribution in [2.24, 2.45) is 0 Å². The van der Waals surface area contributed by atoms with Crippen LogP contribution in [0.3, 0.4) is 0 Å². The maximum Gasteiger partial charge on any atom is 0.213 e. The topological polar surface area (TPSA) is 66.4 Å². The predicted molar refractivity (Wildman–Crippen MR) is 123 cm³/mol. The number of nitrogens with zero attached hydrogens (tertiary/aromatic N) is 4. The number of rotatable bonds is 7. The van der Waals surface area contributed by atoms with Crippen molar-refractivity contribution in [3.63, 3.8) is 0 Å². The molecule has 9 heteroatoms. The summed E-state index contributed by atoms with van der Waals surface area (Å²) in [6.45, 7) is 9.59. The molecule has 170 valence electrons. The van der Waals surface area contributed by atoms with E-state index < -0.39 is 10.0 Å². The average molecular weight is 469 g/mol. The highest BCUT2D eigenvalue weighted by Crippen LogP contribution is 2.31. The predicted octanol–water partition coefficient (Wildman–Crippen LogP) is 4.15. The average Bonchev–Trinajstić information content (AvgIpc) is 2.76. The molecule has 2 heterocycles. The summed E-state index contributed by atoms with van der Waals surface area (Å²) in [5, 5.41) is 0.371. The molecule has 1 aromatic carbocycles. The normalized spacial score (nSPS) is 16.5. The molecule has 0 N–H and O–H groups in total. The largest absolute Gasteiger partial charge is 0.354 e. The number of anilines is 1. The van der Waals surface area contributed by atoms with Gasteiger partial charge in [-0.2, -0.15) is 4.31 Å². The number of halogens is 2. The summed E-state index contributed by atoms with van der Waals surface area (Å²) < 4.78 is 40.5. The summed E-state index contributed by atoms with van der Waals surface area (Å²) in [4.78, 5) is 11.7. The molecule has 1 aliphatic heterocycles. The highest BCUT2D eigenvalue weighted by molar-refractivity contribution is 7.89. The van der Waals surface area contributed by atoms with E-state index in [9.17, 15) is 12.8 Å². The van der Waals surface area contributed by atoms with Crippen LogP contribution in [0.15, 0.2) is 18.2 Å². The SMILES string of the molecule is CCC(C)c1nc(C)c(Cc2c(F)cccc2Cl)c(N2CCN(S(=O)(=O)CC)CC2)n1. The fourth-order valence-corrected chi connectivity index (χ4v) is 5.03. The van der Waals surface area contributed by atoms with Crippen molar-refractivity contribution in [1.82, 2.24) is 14.3 Å². The van der Waals surface area contributed by atoms with Gasteiger partial charge in [-0.05, 0) is 32.4 Å². The van der Waals surface area contributed by atoms with Gasteiger partial charge in [-0.1, -0.05) is 31.5 Å². The third-order valence-corrected chi connectivity index (χ3v) is 8.21. The third-order valence-electron chi connectivity index (χ3n) is 5.97. The van der Waals surface area contributed by atoms with Crippen LogP contribution in [-0.2, 0) is 16.4 Å². The highest BCUT2D eigenvalue weighted by atomic mass is 35.5. The standard InChI is InChI=1S/C22H30ClFN4O2S/c1-5-15(3)21-25-16(4)17(14-18-19(23)8-7-9-20(18)24)22(26-21)27-10-12-28(13-11-27)31(29,30)6-2/h7-9,15H,5-6,10-14H2,1-4H3. The zero-order valence-corrected chi connectivity index (χ0v) is 20.1. The van der Waals surface area contributed by atoms with Gasteiger partial charge in [0.1, 0.15) is 17.5 Å². The minimum atomic E-state index is -3.22. The van der Waals surface area contributed by atoms with Gasteiger partial charge in [-0.25, -0.2) is 22.8 Å². The van der Waals surface area contributed by atoms with E-state index in [1.165, 1.54) is 10.4 Å². The Balaban J connectivity index is 2.00. The molecule has 3 rings (SSSR count). The number of aryl methyl sites for hydroxylation is 1. The van der Waals surface area contributed by atoms with Crippen LogP contribution in [0.2, 0.25) is 5.02 Å². The van der Waals surface area contributed by atoms with E-state index in [1.807, 2.05) is 6.92 Å². The molecular weight excluding hydrogens is 439 g/mol. The Kier molecular flexibility index (Phi) is 7.55. The molecule has 2 aromatic rings. The second-order valence-corrected chi connectivity index (χ2v) is 10.6. The second-order valence-electron chi connectivity index (χ2n) is 7.94. The van der Waals surface area contributed by atoms with Crippen molar-refractivity contribution in [3.05, 3.63) is 51.7 Å². The summed E-state index contributed by atoms with van der Waals surface area (Å²) in [7, 11) is -3.22. The zero-order chi connectivity index (χ0) is 22.8. The summed E-state index contributed by atoms with van der Waals surface area (Å²) >= 11 is 6.29. The van der Waals surface area contributed by atoms with Crippen molar-refractivity contribution in [2.45, 2.75) is 46.5 Å². The molecule has 1 saturated heterocycles. The number of piperazine rings is 1. The van der Waals surface area contributed by atoms with Gasteiger partial charge in [-0.3, -0.25) is 0 Å². The minimum Gasteiger partial charge on any atom is -0.354 e. The molecular formula is C22H30ClFN4O2S. The first-order valence-electron chi connectivity index (χ1n) is 10.7. The summed E-state index contributed by atoms with van der Waals surface area (Å²) in [6.07, 6.45) is 1.18. The number of hydrogen-bond acceptors (Lipinski definition) is 5. The van der Waals surface area contributed by atoms with E-state index >= 15 is 0 Å². The summed E-state index contributed by atoms with van der Waals surface area (Å²) in [5.74, 6) is 1.42. The van der Waals surface area contributed by atoms with Gasteiger partial charge in [0.15, 0.2) is 0 Å². The van der Waals surface area contributed by atoms with Crippen LogP contribution in [0.25, 0.3) is 0 Å². The first-order chi connectivity index (χ1) is 14.7. The Bertz CT molecular complexity index is 1020. The molecule has 0 saturated carbocycles. The fraction of sp³-hybridized carbons (Fsp3) is 0.545. The molecule has 1 fully saturated rings. The van der Waals surface area contributed by atoms with Crippen LogP contribution in [0.4, 0.5) is 10.2 Å². The van der Waals surface area contributed by atoms with Crippen molar-refractivity contribution >= 4 is 27.4 Å². The van der Waals surface area contributed by atoms with E-state index in [4.69, 9.17) is 21.6 Å². The number of hydrogen-bond donors (Lipinski definition) is 0.